The number of hydrogen-bond acceptors (Lipinski definition) is 3. The lowest BCUT2D eigenvalue weighted by Crippen LogP contribution is -2.34. The molecule has 1 aliphatic rings. The Morgan fingerprint density at radius 3 is 2.65 bits per heavy atom. The second kappa shape index (κ2) is 6.59. The van der Waals surface area contributed by atoms with Gasteiger partial charge in [-0.25, -0.2) is 0 Å². The van der Waals surface area contributed by atoms with Crippen molar-refractivity contribution >= 4 is 11.3 Å². The second-order valence-corrected chi connectivity index (χ2v) is 8.65. The van der Waals surface area contributed by atoms with Crippen molar-refractivity contribution in [1.29, 1.82) is 0 Å². The molecule has 1 N–H and O–H groups in total. The first-order chi connectivity index (χ1) is 9.35. The molecule has 3 heteroatoms. The summed E-state index contributed by atoms with van der Waals surface area (Å²) in [5.74, 6) is 0.777. The fraction of sp³-hybridized carbons (Fsp3) is 0.765. The minimum absolute atomic E-state index is 0.196. The Labute approximate surface area is 128 Å². The van der Waals surface area contributed by atoms with E-state index in [1.165, 1.54) is 29.1 Å². The van der Waals surface area contributed by atoms with E-state index >= 15 is 0 Å². The van der Waals surface area contributed by atoms with Crippen LogP contribution in [0.1, 0.15) is 57.2 Å². The third-order valence-electron chi connectivity index (χ3n) is 4.05. The molecule has 0 saturated carbocycles. The summed E-state index contributed by atoms with van der Waals surface area (Å²) < 4.78 is 0. The van der Waals surface area contributed by atoms with Gasteiger partial charge in [0.1, 0.15) is 0 Å². The molecule has 1 fully saturated rings. The molecule has 2 heterocycles. The van der Waals surface area contributed by atoms with E-state index in [0.717, 1.165) is 25.0 Å². The quantitative estimate of drug-likeness (QED) is 0.873. The van der Waals surface area contributed by atoms with Crippen molar-refractivity contribution in [1.82, 2.24) is 10.2 Å². The molecular weight excluding hydrogens is 264 g/mol. The normalized spacial score (nSPS) is 21.0. The van der Waals surface area contributed by atoms with E-state index in [4.69, 9.17) is 0 Å². The summed E-state index contributed by atoms with van der Waals surface area (Å²) in [5, 5.41) is 3.57. The summed E-state index contributed by atoms with van der Waals surface area (Å²) in [7, 11) is 0. The van der Waals surface area contributed by atoms with Crippen LogP contribution in [0.2, 0.25) is 0 Å². The fourth-order valence-electron chi connectivity index (χ4n) is 2.96. The number of nitrogens with one attached hydrogen (secondary N) is 1. The molecule has 1 saturated heterocycles. The Balaban J connectivity index is 1.89. The maximum absolute atomic E-state index is 3.57. The molecule has 114 valence electrons. The lowest BCUT2D eigenvalue weighted by Gasteiger charge is -2.26. The van der Waals surface area contributed by atoms with Crippen LogP contribution in [0, 0.1) is 5.92 Å². The minimum Gasteiger partial charge on any atom is -0.307 e. The molecule has 1 atom stereocenters. The first-order valence-corrected chi connectivity index (χ1v) is 8.73. The Bertz CT molecular complexity index is 417. The van der Waals surface area contributed by atoms with Gasteiger partial charge in [-0.05, 0) is 58.2 Å². The topological polar surface area (TPSA) is 15.3 Å². The maximum Gasteiger partial charge on any atom is 0.0331 e. The van der Waals surface area contributed by atoms with Crippen molar-refractivity contribution in [3.05, 3.63) is 21.9 Å². The van der Waals surface area contributed by atoms with Gasteiger partial charge in [-0.3, -0.25) is 4.90 Å². The third kappa shape index (κ3) is 4.57. The summed E-state index contributed by atoms with van der Waals surface area (Å²) in [5.41, 5.74) is 0.196. The highest BCUT2D eigenvalue weighted by Gasteiger charge is 2.27. The van der Waals surface area contributed by atoms with Crippen LogP contribution in [-0.4, -0.2) is 23.0 Å². The van der Waals surface area contributed by atoms with Crippen LogP contribution >= 0.6 is 11.3 Å². The van der Waals surface area contributed by atoms with E-state index in [0.29, 0.717) is 0 Å². The summed E-state index contributed by atoms with van der Waals surface area (Å²) in [6, 6.07) is 5.40. The lowest BCUT2D eigenvalue weighted by molar-refractivity contribution is 0.200. The van der Waals surface area contributed by atoms with Gasteiger partial charge in [0.15, 0.2) is 0 Å². The number of thiophene rings is 1. The van der Waals surface area contributed by atoms with Gasteiger partial charge in [0.2, 0.25) is 0 Å². The SMILES string of the molecule is CC(C)C1CCCN1Cc1ccc(CNC(C)(C)C)s1. The van der Waals surface area contributed by atoms with Gasteiger partial charge in [0, 0.05) is 34.4 Å². The molecule has 0 amide bonds. The first kappa shape index (κ1) is 16.0. The van der Waals surface area contributed by atoms with Gasteiger partial charge in [-0.15, -0.1) is 11.3 Å². The average Bonchev–Trinajstić information content (AvgIpc) is 2.95. The molecule has 0 spiro atoms. The van der Waals surface area contributed by atoms with Crippen LogP contribution in [-0.2, 0) is 13.1 Å². The Morgan fingerprint density at radius 2 is 2.00 bits per heavy atom. The smallest absolute Gasteiger partial charge is 0.0331 e. The molecule has 0 radical (unpaired) electrons. The highest BCUT2D eigenvalue weighted by molar-refractivity contribution is 7.11. The highest BCUT2D eigenvalue weighted by Crippen LogP contribution is 2.27. The van der Waals surface area contributed by atoms with E-state index in [2.05, 4.69) is 57.0 Å². The zero-order valence-corrected chi connectivity index (χ0v) is 14.5. The van der Waals surface area contributed by atoms with Gasteiger partial charge in [-0.2, -0.15) is 0 Å². The van der Waals surface area contributed by atoms with Gasteiger partial charge >= 0.3 is 0 Å². The standard InChI is InChI=1S/C17H30N2S/c1-13(2)16-7-6-10-19(16)12-15-9-8-14(20-15)11-18-17(3,4)5/h8-9,13,16,18H,6-7,10-12H2,1-5H3. The monoisotopic (exact) mass is 294 g/mol. The average molecular weight is 295 g/mol. The van der Waals surface area contributed by atoms with Crippen molar-refractivity contribution in [2.45, 2.75) is 72.1 Å². The van der Waals surface area contributed by atoms with E-state index in [9.17, 15) is 0 Å². The van der Waals surface area contributed by atoms with Crippen LogP contribution in [0.4, 0.5) is 0 Å². The predicted octanol–water partition coefficient (Wildman–Crippen LogP) is 4.26. The van der Waals surface area contributed by atoms with Crippen LogP contribution in [0.3, 0.4) is 0 Å². The van der Waals surface area contributed by atoms with Crippen molar-refractivity contribution in [2.75, 3.05) is 6.54 Å². The number of nitrogens with zero attached hydrogens (tertiary/aromatic N) is 1. The summed E-state index contributed by atoms with van der Waals surface area (Å²) in [4.78, 5) is 5.65. The summed E-state index contributed by atoms with van der Waals surface area (Å²) in [6.45, 7) is 14.8. The Hall–Kier alpha value is -0.380. The number of hydrogen-bond donors (Lipinski definition) is 1. The zero-order valence-electron chi connectivity index (χ0n) is 13.7. The van der Waals surface area contributed by atoms with Gasteiger partial charge in [0.05, 0.1) is 0 Å². The van der Waals surface area contributed by atoms with Gasteiger partial charge in [-0.1, -0.05) is 13.8 Å². The van der Waals surface area contributed by atoms with Crippen LogP contribution < -0.4 is 5.32 Å². The molecule has 1 aromatic rings. The second-order valence-electron chi connectivity index (χ2n) is 7.40. The molecule has 0 aliphatic carbocycles. The van der Waals surface area contributed by atoms with Gasteiger partial charge < -0.3 is 5.32 Å². The van der Waals surface area contributed by atoms with Crippen molar-refractivity contribution in [3.8, 4) is 0 Å². The van der Waals surface area contributed by atoms with Crippen molar-refractivity contribution in [2.24, 2.45) is 5.92 Å². The molecule has 2 nitrogen and oxygen atoms in total. The van der Waals surface area contributed by atoms with E-state index in [-0.39, 0.29) is 5.54 Å². The predicted molar refractivity (Wildman–Crippen MR) is 89.2 cm³/mol. The highest BCUT2D eigenvalue weighted by atomic mass is 32.1. The van der Waals surface area contributed by atoms with E-state index < -0.39 is 0 Å². The number of rotatable bonds is 5. The van der Waals surface area contributed by atoms with E-state index in [1.54, 1.807) is 0 Å². The number of likely N-dealkylation sites (tertiary alicyclic amines) is 1. The van der Waals surface area contributed by atoms with Crippen LogP contribution in [0.15, 0.2) is 12.1 Å². The van der Waals surface area contributed by atoms with Gasteiger partial charge in [0.25, 0.3) is 0 Å². The van der Waals surface area contributed by atoms with Crippen molar-refractivity contribution < 1.29 is 0 Å². The van der Waals surface area contributed by atoms with Crippen molar-refractivity contribution in [3.63, 3.8) is 0 Å². The fourth-order valence-corrected chi connectivity index (χ4v) is 3.94. The molecule has 1 unspecified atom stereocenters. The largest absolute Gasteiger partial charge is 0.307 e. The maximum atomic E-state index is 3.57. The van der Waals surface area contributed by atoms with Crippen LogP contribution in [0.25, 0.3) is 0 Å². The molecule has 1 aliphatic heterocycles. The first-order valence-electron chi connectivity index (χ1n) is 7.92. The minimum atomic E-state index is 0.196. The lowest BCUT2D eigenvalue weighted by atomic mass is 10.0. The molecule has 2 rings (SSSR count). The summed E-state index contributed by atoms with van der Waals surface area (Å²) in [6.07, 6.45) is 2.74. The molecular formula is C17H30N2S. The molecule has 20 heavy (non-hydrogen) atoms. The molecule has 0 aromatic carbocycles. The van der Waals surface area contributed by atoms with Crippen LogP contribution in [0.5, 0.6) is 0 Å². The third-order valence-corrected chi connectivity index (χ3v) is 5.12. The Morgan fingerprint density at radius 1 is 1.30 bits per heavy atom. The summed E-state index contributed by atoms with van der Waals surface area (Å²) >= 11 is 1.97. The molecule has 1 aromatic heterocycles. The molecule has 0 bridgehead atoms. The Kier molecular flexibility index (Phi) is 5.27. The zero-order chi connectivity index (χ0) is 14.8. The van der Waals surface area contributed by atoms with E-state index in [1.807, 2.05) is 11.3 Å².